The van der Waals surface area contributed by atoms with Crippen molar-refractivity contribution in [2.75, 3.05) is 0 Å². The summed E-state index contributed by atoms with van der Waals surface area (Å²) in [7, 11) is 0. The number of hydrogen-bond acceptors (Lipinski definition) is 2. The molecule has 0 radical (unpaired) electrons. The Labute approximate surface area is 260 Å². The van der Waals surface area contributed by atoms with Crippen molar-refractivity contribution in [3.8, 4) is 22.3 Å². The first-order valence-electron chi connectivity index (χ1n) is 16.0. The molecule has 1 atom stereocenters. The number of aryl methyl sites for hydroxylation is 2. The van der Waals surface area contributed by atoms with E-state index in [0.717, 1.165) is 52.5 Å². The zero-order valence-electron chi connectivity index (χ0n) is 26.1. The van der Waals surface area contributed by atoms with Gasteiger partial charge in [0.05, 0.1) is 11.0 Å². The summed E-state index contributed by atoms with van der Waals surface area (Å²) in [5.41, 5.74) is 10.5. The first-order chi connectivity index (χ1) is 21.6. The fourth-order valence-electron chi connectivity index (χ4n) is 6.97. The van der Waals surface area contributed by atoms with E-state index in [0.29, 0.717) is 5.92 Å². The third kappa shape index (κ3) is 4.66. The molecule has 2 heteroatoms. The molecule has 0 aliphatic carbocycles. The van der Waals surface area contributed by atoms with Crippen LogP contribution in [0.3, 0.4) is 0 Å². The monoisotopic (exact) mass is 570 g/mol. The molecule has 0 aliphatic heterocycles. The lowest BCUT2D eigenvalue weighted by Crippen LogP contribution is -1.99. The Kier molecular flexibility index (Phi) is 7.44. The Hall–Kier alpha value is -4.82. The number of allylic oxidation sites excluding steroid dienone is 2. The molecule has 2 nitrogen and oxygen atoms in total. The Morgan fingerprint density at radius 2 is 1.23 bits per heavy atom. The number of aromatic nitrogens is 2. The number of benzene rings is 5. The number of pyridine rings is 2. The van der Waals surface area contributed by atoms with Crippen LogP contribution in [0.5, 0.6) is 0 Å². The summed E-state index contributed by atoms with van der Waals surface area (Å²) < 4.78 is 0. The maximum absolute atomic E-state index is 5.13. The van der Waals surface area contributed by atoms with E-state index in [1.165, 1.54) is 49.4 Å². The van der Waals surface area contributed by atoms with Crippen LogP contribution >= 0.6 is 0 Å². The van der Waals surface area contributed by atoms with E-state index in [2.05, 4.69) is 143 Å². The second-order valence-corrected chi connectivity index (χ2v) is 11.7. The van der Waals surface area contributed by atoms with E-state index in [1.807, 2.05) is 0 Å². The highest BCUT2D eigenvalue weighted by Gasteiger charge is 2.20. The molecule has 2 heterocycles. The van der Waals surface area contributed by atoms with Crippen LogP contribution in [0, 0.1) is 0 Å². The molecule has 0 aliphatic rings. The number of hydrogen-bond donors (Lipinski definition) is 0. The number of fused-ring (bicyclic) bond motifs is 5. The van der Waals surface area contributed by atoms with E-state index < -0.39 is 0 Å². The van der Waals surface area contributed by atoms with Crippen molar-refractivity contribution >= 4 is 43.4 Å². The second-order valence-electron chi connectivity index (χ2n) is 11.7. The van der Waals surface area contributed by atoms with Crippen molar-refractivity contribution in [2.24, 2.45) is 0 Å². The van der Waals surface area contributed by atoms with Gasteiger partial charge in [-0.15, -0.1) is 0 Å². The average Bonchev–Trinajstić information content (AvgIpc) is 3.08. The normalized spacial score (nSPS) is 12.6. The van der Waals surface area contributed by atoms with E-state index in [9.17, 15) is 0 Å². The molecule has 2 aromatic heterocycles. The van der Waals surface area contributed by atoms with E-state index in [1.54, 1.807) is 0 Å². The molecular formula is C42H38N2. The molecule has 7 rings (SSSR count). The minimum Gasteiger partial charge on any atom is -0.251 e. The summed E-state index contributed by atoms with van der Waals surface area (Å²) in [6.45, 7) is 8.75. The Morgan fingerprint density at radius 1 is 0.591 bits per heavy atom. The highest BCUT2D eigenvalue weighted by Crippen LogP contribution is 2.44. The van der Waals surface area contributed by atoms with Gasteiger partial charge in [-0.05, 0) is 93.7 Å². The molecule has 1 unspecified atom stereocenters. The van der Waals surface area contributed by atoms with Gasteiger partial charge in [0.2, 0.25) is 0 Å². The molecular weight excluding hydrogens is 532 g/mol. The summed E-state index contributed by atoms with van der Waals surface area (Å²) in [5, 5.41) is 7.56. The molecule has 44 heavy (non-hydrogen) atoms. The Bertz CT molecular complexity index is 2150. The van der Waals surface area contributed by atoms with Gasteiger partial charge in [-0.3, -0.25) is 9.97 Å². The van der Waals surface area contributed by atoms with Crippen LogP contribution in [0.25, 0.3) is 65.6 Å². The molecule has 7 aromatic rings. The van der Waals surface area contributed by atoms with Gasteiger partial charge in [-0.1, -0.05) is 118 Å². The van der Waals surface area contributed by atoms with Crippen LogP contribution in [-0.4, -0.2) is 9.97 Å². The van der Waals surface area contributed by atoms with Gasteiger partial charge in [-0.2, -0.15) is 0 Å². The van der Waals surface area contributed by atoms with Gasteiger partial charge >= 0.3 is 0 Å². The summed E-state index contributed by atoms with van der Waals surface area (Å²) in [6.07, 6.45) is 7.39. The van der Waals surface area contributed by atoms with Crippen LogP contribution in [0.1, 0.15) is 57.0 Å². The molecule has 0 saturated carbocycles. The van der Waals surface area contributed by atoms with Gasteiger partial charge in [-0.25, -0.2) is 0 Å². The van der Waals surface area contributed by atoms with Crippen LogP contribution in [0.4, 0.5) is 0 Å². The van der Waals surface area contributed by atoms with Crippen molar-refractivity contribution < 1.29 is 0 Å². The fraction of sp³-hybridized carbons (Fsp3) is 0.190. The maximum atomic E-state index is 5.13. The van der Waals surface area contributed by atoms with Crippen LogP contribution in [0.15, 0.2) is 115 Å². The Morgan fingerprint density at radius 3 is 1.89 bits per heavy atom. The van der Waals surface area contributed by atoms with Gasteiger partial charge in [0.25, 0.3) is 0 Å². The highest BCUT2D eigenvalue weighted by molar-refractivity contribution is 6.16. The maximum Gasteiger partial charge on any atom is 0.0974 e. The lowest BCUT2D eigenvalue weighted by atomic mass is 9.82. The quantitative estimate of drug-likeness (QED) is 0.108. The van der Waals surface area contributed by atoms with Crippen molar-refractivity contribution in [2.45, 2.75) is 52.9 Å². The summed E-state index contributed by atoms with van der Waals surface area (Å²) in [4.78, 5) is 10.2. The summed E-state index contributed by atoms with van der Waals surface area (Å²) in [6, 6.07) is 38.1. The van der Waals surface area contributed by atoms with Crippen molar-refractivity contribution in [1.82, 2.24) is 9.97 Å². The zero-order valence-corrected chi connectivity index (χ0v) is 26.1. The van der Waals surface area contributed by atoms with Crippen LogP contribution in [-0.2, 0) is 12.8 Å². The van der Waals surface area contributed by atoms with Crippen molar-refractivity contribution in [1.29, 1.82) is 0 Å². The fourth-order valence-corrected chi connectivity index (χ4v) is 6.97. The van der Waals surface area contributed by atoms with Gasteiger partial charge in [0.1, 0.15) is 0 Å². The van der Waals surface area contributed by atoms with E-state index in [4.69, 9.17) is 9.97 Å². The molecule has 0 saturated heterocycles. The zero-order chi connectivity index (χ0) is 30.2. The highest BCUT2D eigenvalue weighted by atomic mass is 14.8. The van der Waals surface area contributed by atoms with E-state index >= 15 is 0 Å². The average molecular weight is 571 g/mol. The van der Waals surface area contributed by atoms with Crippen molar-refractivity contribution in [3.05, 3.63) is 132 Å². The standard InChI is InChI=1S/C42H38N2/c1-5-14-27(6-2)39-33-17-9-11-19-35(33)40(36-20-12-10-18-34(36)39)30-16-13-15-29(25-30)38-26-32(8-4)44-42-37(38)24-22-28-21-23-31(7-3)43-41(28)42/h5,9-27H,6-8H2,1-4H3/b14-5-. The minimum absolute atomic E-state index is 0.363. The lowest BCUT2D eigenvalue weighted by Gasteiger charge is -2.21. The first kappa shape index (κ1) is 28.0. The molecule has 0 bridgehead atoms. The van der Waals surface area contributed by atoms with E-state index in [-0.39, 0.29) is 0 Å². The molecule has 0 spiro atoms. The van der Waals surface area contributed by atoms with Crippen LogP contribution < -0.4 is 0 Å². The van der Waals surface area contributed by atoms with Gasteiger partial charge in [0.15, 0.2) is 0 Å². The van der Waals surface area contributed by atoms with Crippen LogP contribution in [0.2, 0.25) is 0 Å². The summed E-state index contributed by atoms with van der Waals surface area (Å²) >= 11 is 0. The smallest absolute Gasteiger partial charge is 0.0974 e. The molecule has 0 fully saturated rings. The third-order valence-corrected chi connectivity index (χ3v) is 9.14. The molecule has 5 aromatic carbocycles. The minimum atomic E-state index is 0.363. The first-order valence-corrected chi connectivity index (χ1v) is 16.0. The number of rotatable bonds is 7. The Balaban J connectivity index is 1.51. The largest absolute Gasteiger partial charge is 0.251 e. The van der Waals surface area contributed by atoms with Gasteiger partial charge in [0, 0.05) is 28.1 Å². The number of nitrogens with zero attached hydrogens (tertiary/aromatic N) is 2. The third-order valence-electron chi connectivity index (χ3n) is 9.14. The topological polar surface area (TPSA) is 25.8 Å². The van der Waals surface area contributed by atoms with Crippen molar-refractivity contribution in [3.63, 3.8) is 0 Å². The lowest BCUT2D eigenvalue weighted by molar-refractivity contribution is 0.817. The molecule has 216 valence electrons. The molecule has 0 amide bonds. The van der Waals surface area contributed by atoms with Gasteiger partial charge < -0.3 is 0 Å². The second kappa shape index (κ2) is 11.7. The predicted molar refractivity (Wildman–Crippen MR) is 190 cm³/mol. The predicted octanol–water partition coefficient (Wildman–Crippen LogP) is 11.6. The molecule has 0 N–H and O–H groups in total. The summed E-state index contributed by atoms with van der Waals surface area (Å²) in [5.74, 6) is 0.363. The SMILES string of the molecule is C/C=C\C(CC)c1c2ccccc2c(-c2cccc(-c3cc(CC)nc4c3ccc3ccc(CC)nc34)c2)c2ccccc12.